The molecule has 1 N–H and O–H groups in total. The summed E-state index contributed by atoms with van der Waals surface area (Å²) in [7, 11) is 2.13. The number of alkyl halides is 3. The summed E-state index contributed by atoms with van der Waals surface area (Å²) in [5, 5.41) is 3.30. The van der Waals surface area contributed by atoms with Crippen molar-refractivity contribution in [1.82, 2.24) is 10.2 Å². The molecule has 0 bridgehead atoms. The average Bonchev–Trinajstić information content (AvgIpc) is 3.21. The fourth-order valence-corrected chi connectivity index (χ4v) is 2.22. The molecule has 1 aliphatic rings. The second kappa shape index (κ2) is 6.14. The Labute approximate surface area is 118 Å². The Morgan fingerprint density at radius 3 is 2.35 bits per heavy atom. The van der Waals surface area contributed by atoms with Gasteiger partial charge in [-0.25, -0.2) is 0 Å². The third kappa shape index (κ3) is 4.21. The van der Waals surface area contributed by atoms with Gasteiger partial charge in [0.05, 0.1) is 5.56 Å². The van der Waals surface area contributed by atoms with E-state index in [0.29, 0.717) is 12.6 Å². The highest BCUT2D eigenvalue weighted by molar-refractivity contribution is 5.24. The summed E-state index contributed by atoms with van der Waals surface area (Å²) in [5.41, 5.74) is 0.280. The lowest BCUT2D eigenvalue weighted by atomic mass is 10.1. The van der Waals surface area contributed by atoms with Gasteiger partial charge in [-0.05, 0) is 44.5 Å². The number of nitrogens with one attached hydrogen (secondary N) is 1. The van der Waals surface area contributed by atoms with Crippen molar-refractivity contribution in [3.63, 3.8) is 0 Å². The molecule has 1 unspecified atom stereocenters. The van der Waals surface area contributed by atoms with E-state index in [4.69, 9.17) is 0 Å². The Morgan fingerprint density at radius 1 is 1.25 bits per heavy atom. The Bertz CT molecular complexity index is 424. The molecule has 0 spiro atoms. The van der Waals surface area contributed by atoms with Gasteiger partial charge in [-0.3, -0.25) is 4.90 Å². The van der Waals surface area contributed by atoms with Crippen LogP contribution in [-0.4, -0.2) is 30.6 Å². The van der Waals surface area contributed by atoms with Crippen molar-refractivity contribution in [2.75, 3.05) is 13.6 Å². The molecule has 20 heavy (non-hydrogen) atoms. The standard InChI is InChI=1S/C15H21F3N2/c1-11(20(2)14-7-8-14)9-19-10-12-3-5-13(6-4-12)15(16,17)18/h3-6,11,14,19H,7-10H2,1-2H3. The van der Waals surface area contributed by atoms with E-state index in [2.05, 4.69) is 24.2 Å². The summed E-state index contributed by atoms with van der Waals surface area (Å²) >= 11 is 0. The van der Waals surface area contributed by atoms with Crippen LogP contribution in [0.2, 0.25) is 0 Å². The van der Waals surface area contributed by atoms with E-state index in [9.17, 15) is 13.2 Å². The van der Waals surface area contributed by atoms with Crippen molar-refractivity contribution < 1.29 is 13.2 Å². The van der Waals surface area contributed by atoms with Gasteiger partial charge < -0.3 is 5.32 Å². The predicted molar refractivity (Wildman–Crippen MR) is 73.4 cm³/mol. The summed E-state index contributed by atoms with van der Waals surface area (Å²) < 4.78 is 37.3. The molecule has 112 valence electrons. The third-order valence-corrected chi connectivity index (χ3v) is 3.87. The maximum atomic E-state index is 12.4. The van der Waals surface area contributed by atoms with Crippen LogP contribution in [0.5, 0.6) is 0 Å². The van der Waals surface area contributed by atoms with Gasteiger partial charge >= 0.3 is 6.18 Å². The molecule has 5 heteroatoms. The molecule has 0 aliphatic heterocycles. The molecule has 0 radical (unpaired) electrons. The molecule has 1 aromatic carbocycles. The molecule has 0 saturated heterocycles. The first-order valence-corrected chi connectivity index (χ1v) is 6.96. The lowest BCUT2D eigenvalue weighted by Crippen LogP contribution is -2.38. The largest absolute Gasteiger partial charge is 0.416 e. The Hall–Kier alpha value is -1.07. The Morgan fingerprint density at radius 2 is 1.85 bits per heavy atom. The number of rotatable bonds is 6. The molecule has 1 aliphatic carbocycles. The summed E-state index contributed by atoms with van der Waals surface area (Å²) in [4.78, 5) is 2.36. The maximum absolute atomic E-state index is 12.4. The van der Waals surface area contributed by atoms with Gasteiger partial charge in [0.25, 0.3) is 0 Å². The quantitative estimate of drug-likeness (QED) is 0.863. The number of hydrogen-bond acceptors (Lipinski definition) is 2. The van der Waals surface area contributed by atoms with E-state index in [1.807, 2.05) is 0 Å². The predicted octanol–water partition coefficient (Wildman–Crippen LogP) is 3.28. The highest BCUT2D eigenvalue weighted by Gasteiger charge is 2.30. The van der Waals surface area contributed by atoms with Crippen molar-refractivity contribution in [3.8, 4) is 0 Å². The molecule has 0 amide bonds. The fourth-order valence-electron chi connectivity index (χ4n) is 2.22. The minimum absolute atomic E-state index is 0.442. The van der Waals surface area contributed by atoms with E-state index >= 15 is 0 Å². The highest BCUT2D eigenvalue weighted by Crippen LogP contribution is 2.29. The van der Waals surface area contributed by atoms with Gasteiger partial charge in [0.15, 0.2) is 0 Å². The van der Waals surface area contributed by atoms with Crippen LogP contribution < -0.4 is 5.32 Å². The molecular formula is C15H21F3N2. The van der Waals surface area contributed by atoms with Crippen LogP contribution in [0.1, 0.15) is 30.9 Å². The molecule has 1 fully saturated rings. The van der Waals surface area contributed by atoms with Crippen LogP contribution in [0.25, 0.3) is 0 Å². The van der Waals surface area contributed by atoms with Gasteiger partial charge in [0.1, 0.15) is 0 Å². The summed E-state index contributed by atoms with van der Waals surface area (Å²) in [5.74, 6) is 0. The van der Waals surface area contributed by atoms with Crippen molar-refractivity contribution >= 4 is 0 Å². The Kier molecular flexibility index (Phi) is 4.70. The number of hydrogen-bond donors (Lipinski definition) is 1. The van der Waals surface area contributed by atoms with Gasteiger partial charge in [0, 0.05) is 25.2 Å². The first-order valence-electron chi connectivity index (χ1n) is 6.96. The zero-order valence-electron chi connectivity index (χ0n) is 11.9. The van der Waals surface area contributed by atoms with Gasteiger partial charge in [-0.15, -0.1) is 0 Å². The monoisotopic (exact) mass is 286 g/mol. The van der Waals surface area contributed by atoms with E-state index in [0.717, 1.165) is 30.3 Å². The number of benzene rings is 1. The first-order chi connectivity index (χ1) is 9.38. The van der Waals surface area contributed by atoms with Crippen molar-refractivity contribution in [3.05, 3.63) is 35.4 Å². The van der Waals surface area contributed by atoms with Gasteiger partial charge in [0.2, 0.25) is 0 Å². The SMILES string of the molecule is CC(CNCc1ccc(C(F)(F)F)cc1)N(C)C1CC1. The van der Waals surface area contributed by atoms with E-state index in [1.165, 1.54) is 25.0 Å². The van der Waals surface area contributed by atoms with Crippen LogP contribution in [0.15, 0.2) is 24.3 Å². The van der Waals surface area contributed by atoms with Crippen molar-refractivity contribution in [2.45, 2.75) is 44.6 Å². The number of likely N-dealkylation sites (N-methyl/N-ethyl adjacent to an activating group) is 1. The fraction of sp³-hybridized carbons (Fsp3) is 0.600. The van der Waals surface area contributed by atoms with Gasteiger partial charge in [-0.1, -0.05) is 12.1 Å². The van der Waals surface area contributed by atoms with Crippen LogP contribution >= 0.6 is 0 Å². The van der Waals surface area contributed by atoms with E-state index < -0.39 is 11.7 Å². The molecule has 1 atom stereocenters. The minimum atomic E-state index is -4.26. The zero-order chi connectivity index (χ0) is 14.8. The molecule has 0 heterocycles. The van der Waals surface area contributed by atoms with Gasteiger partial charge in [-0.2, -0.15) is 13.2 Å². The van der Waals surface area contributed by atoms with Crippen LogP contribution in [0.3, 0.4) is 0 Å². The maximum Gasteiger partial charge on any atom is 0.416 e. The topological polar surface area (TPSA) is 15.3 Å². The van der Waals surface area contributed by atoms with Crippen LogP contribution in [-0.2, 0) is 12.7 Å². The lowest BCUT2D eigenvalue weighted by molar-refractivity contribution is -0.137. The lowest BCUT2D eigenvalue weighted by Gasteiger charge is -2.24. The van der Waals surface area contributed by atoms with Crippen molar-refractivity contribution in [2.24, 2.45) is 0 Å². The number of halogens is 3. The van der Waals surface area contributed by atoms with E-state index in [1.54, 1.807) is 0 Å². The summed E-state index contributed by atoms with van der Waals surface area (Å²) in [6.07, 6.45) is -1.70. The smallest absolute Gasteiger partial charge is 0.311 e. The van der Waals surface area contributed by atoms with Crippen molar-refractivity contribution in [1.29, 1.82) is 0 Å². The minimum Gasteiger partial charge on any atom is -0.311 e. The molecule has 2 rings (SSSR count). The molecular weight excluding hydrogens is 265 g/mol. The second-order valence-electron chi connectivity index (χ2n) is 5.57. The normalized spacial score (nSPS) is 17.5. The summed E-state index contributed by atoms with van der Waals surface area (Å²) in [6.45, 7) is 3.60. The molecule has 2 nitrogen and oxygen atoms in total. The van der Waals surface area contributed by atoms with Crippen LogP contribution in [0, 0.1) is 0 Å². The van der Waals surface area contributed by atoms with E-state index in [-0.39, 0.29) is 0 Å². The van der Waals surface area contributed by atoms with Crippen LogP contribution in [0.4, 0.5) is 13.2 Å². The average molecular weight is 286 g/mol. The zero-order valence-corrected chi connectivity index (χ0v) is 11.9. The first kappa shape index (κ1) is 15.3. The third-order valence-electron chi connectivity index (χ3n) is 3.87. The highest BCUT2D eigenvalue weighted by atomic mass is 19.4. The summed E-state index contributed by atoms with van der Waals surface area (Å²) in [6, 6.07) is 6.50. The second-order valence-corrected chi connectivity index (χ2v) is 5.57. The molecule has 0 aromatic heterocycles. The molecule has 1 aromatic rings. The Balaban J connectivity index is 1.76. The molecule has 1 saturated carbocycles. The number of nitrogens with zero attached hydrogens (tertiary/aromatic N) is 1.